The smallest absolute Gasteiger partial charge is 0.329 e. The van der Waals surface area contributed by atoms with Crippen molar-refractivity contribution < 1.29 is 19.0 Å². The van der Waals surface area contributed by atoms with Crippen LogP contribution in [0.15, 0.2) is 46.0 Å². The molecule has 0 bridgehead atoms. The standard InChI is InChI=1S/C20H19N3O6/c1-27-7-6-21-18(24)13-3-4-14-15(9-13)22-20(26)23(19(14)25)10-12-2-5-16-17(8-12)29-11-28-16/h2-5,8-9H,6-7,10-11H2,1H3,(H,21,24)(H,22,26). The summed E-state index contributed by atoms with van der Waals surface area (Å²) in [6.07, 6.45) is 0. The van der Waals surface area contributed by atoms with Crippen molar-refractivity contribution in [3.8, 4) is 11.5 Å². The number of hydrogen-bond donors (Lipinski definition) is 2. The molecule has 0 atom stereocenters. The Labute approximate surface area is 164 Å². The Morgan fingerprint density at radius 1 is 1.17 bits per heavy atom. The minimum Gasteiger partial charge on any atom is -0.454 e. The number of fused-ring (bicyclic) bond motifs is 2. The quantitative estimate of drug-likeness (QED) is 0.597. The molecule has 9 heteroatoms. The van der Waals surface area contributed by atoms with Crippen LogP contribution in [0.5, 0.6) is 11.5 Å². The third-order valence-electron chi connectivity index (χ3n) is 4.61. The molecule has 1 amide bonds. The second-order valence-electron chi connectivity index (χ2n) is 6.52. The summed E-state index contributed by atoms with van der Waals surface area (Å²) < 4.78 is 16.6. The van der Waals surface area contributed by atoms with Gasteiger partial charge in [-0.05, 0) is 35.9 Å². The van der Waals surface area contributed by atoms with E-state index < -0.39 is 11.2 Å². The first-order valence-electron chi connectivity index (χ1n) is 8.99. The fourth-order valence-electron chi connectivity index (χ4n) is 3.13. The lowest BCUT2D eigenvalue weighted by Gasteiger charge is -2.09. The molecule has 2 N–H and O–H groups in total. The number of amides is 1. The SMILES string of the molecule is COCCNC(=O)c1ccc2c(=O)n(Cc3ccc4c(c3)OCO4)c(=O)[nH]c2c1. The van der Waals surface area contributed by atoms with Gasteiger partial charge < -0.3 is 24.5 Å². The van der Waals surface area contributed by atoms with E-state index in [0.717, 1.165) is 10.1 Å². The van der Waals surface area contributed by atoms with Gasteiger partial charge in [-0.25, -0.2) is 4.79 Å². The number of ether oxygens (including phenoxy) is 3. The third-order valence-corrected chi connectivity index (χ3v) is 4.61. The minimum absolute atomic E-state index is 0.0833. The molecule has 0 saturated heterocycles. The van der Waals surface area contributed by atoms with Gasteiger partial charge in [0.1, 0.15) is 0 Å². The number of aromatic amines is 1. The molecule has 0 fully saturated rings. The fraction of sp³-hybridized carbons (Fsp3) is 0.250. The van der Waals surface area contributed by atoms with E-state index in [-0.39, 0.29) is 19.2 Å². The highest BCUT2D eigenvalue weighted by Crippen LogP contribution is 2.32. The summed E-state index contributed by atoms with van der Waals surface area (Å²) in [5.74, 6) is 0.899. The number of nitrogens with one attached hydrogen (secondary N) is 2. The van der Waals surface area contributed by atoms with Crippen LogP contribution in [0.4, 0.5) is 0 Å². The third kappa shape index (κ3) is 3.72. The first-order chi connectivity index (χ1) is 14.1. The van der Waals surface area contributed by atoms with Crippen LogP contribution in [-0.2, 0) is 11.3 Å². The molecule has 0 saturated carbocycles. The predicted octanol–water partition coefficient (Wildman–Crippen LogP) is 0.843. The first-order valence-corrected chi connectivity index (χ1v) is 8.99. The lowest BCUT2D eigenvalue weighted by molar-refractivity contribution is 0.0937. The lowest BCUT2D eigenvalue weighted by Crippen LogP contribution is -2.35. The number of carbonyl (C=O) groups excluding carboxylic acids is 1. The number of hydrogen-bond acceptors (Lipinski definition) is 6. The molecule has 9 nitrogen and oxygen atoms in total. The van der Waals surface area contributed by atoms with Gasteiger partial charge in [0, 0.05) is 19.2 Å². The number of aromatic nitrogens is 2. The van der Waals surface area contributed by atoms with Crippen molar-refractivity contribution in [2.24, 2.45) is 0 Å². The summed E-state index contributed by atoms with van der Waals surface area (Å²) in [4.78, 5) is 40.2. The minimum atomic E-state index is -0.558. The lowest BCUT2D eigenvalue weighted by atomic mass is 10.1. The van der Waals surface area contributed by atoms with Gasteiger partial charge in [0.15, 0.2) is 11.5 Å². The van der Waals surface area contributed by atoms with Crippen LogP contribution in [0.25, 0.3) is 10.9 Å². The highest BCUT2D eigenvalue weighted by atomic mass is 16.7. The summed E-state index contributed by atoms with van der Waals surface area (Å²) >= 11 is 0. The van der Waals surface area contributed by atoms with E-state index in [1.807, 2.05) is 0 Å². The van der Waals surface area contributed by atoms with E-state index in [9.17, 15) is 14.4 Å². The van der Waals surface area contributed by atoms with Gasteiger partial charge in [0.05, 0.1) is 24.1 Å². The van der Waals surface area contributed by atoms with Crippen molar-refractivity contribution in [1.29, 1.82) is 0 Å². The maximum absolute atomic E-state index is 12.8. The zero-order valence-electron chi connectivity index (χ0n) is 15.7. The Morgan fingerprint density at radius 2 is 2.00 bits per heavy atom. The highest BCUT2D eigenvalue weighted by Gasteiger charge is 2.15. The molecule has 1 aromatic heterocycles. The Balaban J connectivity index is 1.65. The van der Waals surface area contributed by atoms with Gasteiger partial charge in [-0.15, -0.1) is 0 Å². The zero-order valence-corrected chi connectivity index (χ0v) is 15.7. The Morgan fingerprint density at radius 3 is 2.83 bits per heavy atom. The van der Waals surface area contributed by atoms with E-state index in [0.29, 0.717) is 41.1 Å². The second-order valence-corrected chi connectivity index (χ2v) is 6.52. The van der Waals surface area contributed by atoms with Crippen molar-refractivity contribution in [1.82, 2.24) is 14.9 Å². The zero-order chi connectivity index (χ0) is 20.4. The highest BCUT2D eigenvalue weighted by molar-refractivity contribution is 5.97. The van der Waals surface area contributed by atoms with Crippen molar-refractivity contribution in [3.05, 3.63) is 68.4 Å². The maximum atomic E-state index is 12.8. The number of benzene rings is 2. The van der Waals surface area contributed by atoms with Crippen molar-refractivity contribution in [2.45, 2.75) is 6.54 Å². The first kappa shape index (κ1) is 18.8. The van der Waals surface area contributed by atoms with Crippen LogP contribution in [-0.4, -0.2) is 42.5 Å². The Bertz CT molecular complexity index is 1200. The van der Waals surface area contributed by atoms with E-state index in [2.05, 4.69) is 10.3 Å². The maximum Gasteiger partial charge on any atom is 0.329 e. The van der Waals surface area contributed by atoms with E-state index in [1.54, 1.807) is 31.4 Å². The topological polar surface area (TPSA) is 112 Å². The molecule has 4 rings (SSSR count). The summed E-state index contributed by atoms with van der Waals surface area (Å²) in [5.41, 5.74) is 0.388. The van der Waals surface area contributed by atoms with Crippen LogP contribution < -0.4 is 26.0 Å². The van der Waals surface area contributed by atoms with Crippen molar-refractivity contribution >= 4 is 16.8 Å². The second kappa shape index (κ2) is 7.80. The predicted molar refractivity (Wildman–Crippen MR) is 105 cm³/mol. The van der Waals surface area contributed by atoms with E-state index in [1.165, 1.54) is 12.1 Å². The molecule has 2 aromatic carbocycles. The number of carbonyl (C=O) groups is 1. The van der Waals surface area contributed by atoms with Crippen molar-refractivity contribution in [2.75, 3.05) is 27.1 Å². The molecule has 3 aromatic rings. The molecule has 150 valence electrons. The van der Waals surface area contributed by atoms with Crippen LogP contribution in [0.3, 0.4) is 0 Å². The van der Waals surface area contributed by atoms with Crippen LogP contribution in [0.1, 0.15) is 15.9 Å². The molecule has 29 heavy (non-hydrogen) atoms. The molecule has 0 radical (unpaired) electrons. The Hall–Kier alpha value is -3.59. The molecule has 1 aliphatic heterocycles. The normalized spacial score (nSPS) is 12.3. The number of nitrogens with zero attached hydrogens (tertiary/aromatic N) is 1. The van der Waals surface area contributed by atoms with Crippen LogP contribution in [0, 0.1) is 0 Å². The number of methoxy groups -OCH3 is 1. The number of rotatable bonds is 6. The molecule has 0 unspecified atom stereocenters. The van der Waals surface area contributed by atoms with Crippen LogP contribution >= 0.6 is 0 Å². The van der Waals surface area contributed by atoms with Gasteiger partial charge in [0.25, 0.3) is 11.5 Å². The van der Waals surface area contributed by atoms with Gasteiger partial charge >= 0.3 is 5.69 Å². The summed E-state index contributed by atoms with van der Waals surface area (Å²) in [7, 11) is 1.54. The molecular weight excluding hydrogens is 378 g/mol. The average molecular weight is 397 g/mol. The molecular formula is C20H19N3O6. The molecule has 1 aliphatic rings. The van der Waals surface area contributed by atoms with Gasteiger partial charge in [-0.3, -0.25) is 14.2 Å². The molecule has 2 heterocycles. The largest absolute Gasteiger partial charge is 0.454 e. The monoisotopic (exact) mass is 397 g/mol. The van der Waals surface area contributed by atoms with Gasteiger partial charge in [0.2, 0.25) is 6.79 Å². The van der Waals surface area contributed by atoms with Crippen LogP contribution in [0.2, 0.25) is 0 Å². The van der Waals surface area contributed by atoms with Gasteiger partial charge in [-0.1, -0.05) is 6.07 Å². The average Bonchev–Trinajstić information content (AvgIpc) is 3.18. The molecule has 0 aliphatic carbocycles. The summed E-state index contributed by atoms with van der Waals surface area (Å²) in [6, 6.07) is 9.84. The summed E-state index contributed by atoms with van der Waals surface area (Å²) in [6.45, 7) is 0.985. The molecule has 0 spiro atoms. The Kier molecular flexibility index (Phi) is 5.05. The van der Waals surface area contributed by atoms with Crippen molar-refractivity contribution in [3.63, 3.8) is 0 Å². The fourth-order valence-corrected chi connectivity index (χ4v) is 3.13. The van der Waals surface area contributed by atoms with E-state index >= 15 is 0 Å². The number of H-pyrrole nitrogens is 1. The van der Waals surface area contributed by atoms with E-state index in [4.69, 9.17) is 14.2 Å². The van der Waals surface area contributed by atoms with Gasteiger partial charge in [-0.2, -0.15) is 0 Å². The summed E-state index contributed by atoms with van der Waals surface area (Å²) in [5, 5.41) is 3.02.